The third-order valence-corrected chi connectivity index (χ3v) is 18.6. The van der Waals surface area contributed by atoms with Gasteiger partial charge in [-0.15, -0.1) is 19.3 Å². The van der Waals surface area contributed by atoms with Crippen molar-refractivity contribution in [3.63, 3.8) is 0 Å². The average Bonchev–Trinajstić information content (AvgIpc) is 1.37. The van der Waals surface area contributed by atoms with Gasteiger partial charge < -0.3 is 35.6 Å². The lowest BCUT2D eigenvalue weighted by molar-refractivity contribution is -0.162. The van der Waals surface area contributed by atoms with E-state index in [9.17, 15) is 24.3 Å². The van der Waals surface area contributed by atoms with Gasteiger partial charge in [0.15, 0.2) is 0 Å². The maximum atomic E-state index is 13.0. The number of piperidine rings is 9. The molecule has 14 rings (SSSR count). The van der Waals surface area contributed by atoms with E-state index in [1.54, 1.807) is 26.1 Å². The van der Waals surface area contributed by atoms with Gasteiger partial charge in [0.05, 0.1) is 6.10 Å². The van der Waals surface area contributed by atoms with Crippen molar-refractivity contribution in [1.29, 1.82) is 0 Å². The highest BCUT2D eigenvalue weighted by Crippen LogP contribution is 2.33. The number of carbonyl (C=O) groups is 4. The zero-order valence-corrected chi connectivity index (χ0v) is 67.7. The van der Waals surface area contributed by atoms with Crippen molar-refractivity contribution in [1.82, 2.24) is 25.3 Å². The Morgan fingerprint density at radius 3 is 0.902 bits per heavy atom. The van der Waals surface area contributed by atoms with Gasteiger partial charge in [0.1, 0.15) is 36.1 Å². The van der Waals surface area contributed by atoms with Crippen molar-refractivity contribution in [2.75, 3.05) is 66.0 Å². The largest absolute Gasteiger partial charge is 0.480 e. The number of terminal acetylenes is 3. The maximum absolute atomic E-state index is 13.0. The van der Waals surface area contributed by atoms with Crippen molar-refractivity contribution in [3.8, 4) is 298 Å². The van der Waals surface area contributed by atoms with Gasteiger partial charge >= 0.3 is 17.9 Å². The number of hydrogen-bond acceptors (Lipinski definition) is 13. The van der Waals surface area contributed by atoms with Crippen LogP contribution in [0.2, 0.25) is 0 Å². The van der Waals surface area contributed by atoms with E-state index >= 15 is 0 Å². The van der Waals surface area contributed by atoms with Crippen LogP contribution in [-0.2, 0) is 28.7 Å². The molecule has 6 bridgehead atoms. The zero-order valence-electron chi connectivity index (χ0n) is 67.7. The van der Waals surface area contributed by atoms with Crippen LogP contribution in [0.3, 0.4) is 0 Å². The van der Waals surface area contributed by atoms with Crippen LogP contribution >= 0.6 is 0 Å². The molecule has 9 saturated heterocycles. The second kappa shape index (κ2) is 66.5. The molecule has 14 heteroatoms. The van der Waals surface area contributed by atoms with Crippen LogP contribution < -0.4 is 16.4 Å². The highest BCUT2D eigenvalue weighted by Gasteiger charge is 2.40. The highest BCUT2D eigenvalue weighted by molar-refractivity contribution is 5.80. The molecule has 11 aliphatic rings. The summed E-state index contributed by atoms with van der Waals surface area (Å²) in [5.41, 5.74) is 8.57. The first-order valence-electron chi connectivity index (χ1n) is 39.0. The first-order chi connectivity index (χ1) is 59.4. The molecule has 0 radical (unpaired) electrons. The van der Waals surface area contributed by atoms with E-state index in [1.807, 2.05) is 78.9 Å². The molecule has 11 fully saturated rings. The summed E-state index contributed by atoms with van der Waals surface area (Å²) in [6.45, 7) is 11.5. The molecular weight excluding hydrogens is 1520 g/mol. The summed E-state index contributed by atoms with van der Waals surface area (Å²) in [6.07, 6.45) is 30.7. The molecule has 9 aliphatic heterocycles. The summed E-state index contributed by atoms with van der Waals surface area (Å²) in [6, 6.07) is 27.4. The van der Waals surface area contributed by atoms with Crippen molar-refractivity contribution in [2.45, 2.75) is 154 Å². The lowest BCUT2D eigenvalue weighted by Gasteiger charge is -2.44. The number of nitrogens with two attached hydrogens (primary N) is 1. The van der Waals surface area contributed by atoms with Crippen LogP contribution in [0.25, 0.3) is 0 Å². The fourth-order valence-electron chi connectivity index (χ4n) is 12.8. The number of likely N-dealkylation sites (N-methyl/N-ethyl adjacent to an activating group) is 1. The van der Waals surface area contributed by atoms with Gasteiger partial charge in [-0.2, -0.15) is 0 Å². The van der Waals surface area contributed by atoms with Gasteiger partial charge in [-0.1, -0.05) is 125 Å². The van der Waals surface area contributed by atoms with E-state index in [2.05, 4.69) is 304 Å². The predicted octanol–water partition coefficient (Wildman–Crippen LogP) is 8.69. The Morgan fingerprint density at radius 2 is 0.667 bits per heavy atom. The lowest BCUT2D eigenvalue weighted by Crippen LogP contribution is -2.52. The van der Waals surface area contributed by atoms with E-state index in [4.69, 9.17) is 39.6 Å². The van der Waals surface area contributed by atoms with Crippen LogP contribution in [0.5, 0.6) is 0 Å². The van der Waals surface area contributed by atoms with Crippen LogP contribution in [0.4, 0.5) is 0 Å². The second-order valence-corrected chi connectivity index (χ2v) is 26.6. The summed E-state index contributed by atoms with van der Waals surface area (Å²) in [5, 5.41) is 24.4. The minimum atomic E-state index is -0.858. The second-order valence-electron chi connectivity index (χ2n) is 26.6. The molecule has 6 atom stereocenters. The topological polar surface area (TPSA) is 187 Å². The van der Waals surface area contributed by atoms with E-state index < -0.39 is 18.1 Å². The monoisotopic (exact) mass is 1610 g/mol. The van der Waals surface area contributed by atoms with Crippen LogP contribution in [0.1, 0.15) is 146 Å². The Hall–Kier alpha value is -15.5. The molecule has 9 heterocycles. The van der Waals surface area contributed by atoms with Gasteiger partial charge in [0.25, 0.3) is 0 Å². The molecule has 608 valence electrons. The normalized spacial score (nSPS) is 18.3. The summed E-state index contributed by atoms with van der Waals surface area (Å²) in [5.74, 6) is 116. The Kier molecular flexibility index (Phi) is 54.9. The third-order valence-electron chi connectivity index (χ3n) is 18.6. The molecule has 14 nitrogen and oxygen atoms in total. The number of aliphatic hydroxyl groups excluding tert-OH is 1. The number of rotatable bonds is 11. The highest BCUT2D eigenvalue weighted by atomic mass is 16.6. The number of carboxylic acids is 1. The molecule has 2 saturated carbocycles. The predicted molar refractivity (Wildman–Crippen MR) is 487 cm³/mol. The number of Topliss-reactive ketones (excluding diaryl/α,β-unsaturated/α-hetero) is 1. The first kappa shape index (κ1) is 102. The van der Waals surface area contributed by atoms with Crippen molar-refractivity contribution >= 4 is 23.7 Å². The third kappa shape index (κ3) is 45.7. The number of fused-ring (bicyclic) bond motifs is 9. The fourth-order valence-corrected chi connectivity index (χ4v) is 12.8. The maximum Gasteiger partial charge on any atom is 0.328 e. The Morgan fingerprint density at radius 1 is 0.390 bits per heavy atom. The van der Waals surface area contributed by atoms with E-state index in [0.29, 0.717) is 29.6 Å². The van der Waals surface area contributed by atoms with Crippen molar-refractivity contribution in [2.24, 2.45) is 23.5 Å². The minimum absolute atomic E-state index is 0. The first-order valence-corrected chi connectivity index (χ1v) is 39.0. The molecule has 6 N–H and O–H groups in total. The SMILES string of the molecule is C.C.C#CC#CC#CC#CC#CC#CC#CC#CC#CC#CC#CC#CC.C#CC#CC#CC#CC#CC#CC#CC#CC#CC#CC#CC#CC#C.CNC(C(=O)O)c1ccccc1.NC(C(=O)O[C@H]1CN2CCC1CC2)c1ccccc1.O=C(O[C@H]1CN2CCC1CC2)C(NC1CCCC1)c1ccccc1.O=C1CCCC1.O[C@H]1CN2CCC1CC2. The summed E-state index contributed by atoms with van der Waals surface area (Å²) < 4.78 is 11.6. The van der Waals surface area contributed by atoms with Gasteiger partial charge in [0.2, 0.25) is 0 Å². The molecule has 123 heavy (non-hydrogen) atoms. The van der Waals surface area contributed by atoms with Crippen LogP contribution in [0, 0.1) is 315 Å². The van der Waals surface area contributed by atoms with E-state index in [0.717, 1.165) is 101 Å². The molecule has 3 aromatic rings. The zero-order chi connectivity index (χ0) is 86.5. The molecule has 2 aliphatic carbocycles. The molecule has 3 aromatic carbocycles. The molecule has 0 aromatic heterocycles. The number of nitrogens with zero attached hydrogens (tertiary/aromatic N) is 3. The molecular formula is C109H94N6O8. The molecule has 3 unspecified atom stereocenters. The van der Waals surface area contributed by atoms with Gasteiger partial charge in [-0.25, -0.2) is 9.59 Å². The number of ketones is 1. The Labute approximate surface area is 732 Å². The van der Waals surface area contributed by atoms with Crippen molar-refractivity contribution < 1.29 is 38.9 Å². The molecule has 0 amide bonds. The number of aliphatic hydroxyl groups is 1. The van der Waals surface area contributed by atoms with Gasteiger partial charge in [-0.3, -0.25) is 24.7 Å². The van der Waals surface area contributed by atoms with E-state index in [1.165, 1.54) is 64.7 Å². The van der Waals surface area contributed by atoms with E-state index in [-0.39, 0.29) is 51.1 Å². The number of carbonyl (C=O) groups excluding carboxylic acids is 3. The number of esters is 2. The number of aliphatic carboxylic acids is 1. The van der Waals surface area contributed by atoms with Gasteiger partial charge in [0, 0.05) is 121 Å². The standard InChI is InChI=1S/C26H2.C25H4.C20H28N2O2.C15H20N2O2.C9H11NO2.C7H13NO.C5H8O.2CH4/c1-3-5-7-9-11-13-15-17-19-21-23-25-26-24-22-20-18-16-14-12-10-8-6-4-2;1-3-5-7-9-11-13-15-17-19-21-23-25-24-22-20-18-16-14-12-10-8-6-4-2;23-20(24-18-14-22-12-10-15(18)11-13-22)19(16-6-2-1-3-7-16)21-17-8-4-5-9-17;16-14(12-4-2-1-3-5-12)15(18)19-13-10-17-8-6-11(13)7-9-17;1-10-8(9(11)12)7-5-3-2-4-6-7;9-7-5-8-3-1-6(7)2-4-8;6-5-3-1-2-4-5;;/h1-2H;1H,2H3;1-3,6-7,15,17-19,21H,4-5,8-14H2;1-5,11,13-14H,6-10,16H2;2-6,8,10H,1H3,(H,11,12);6-7,9H,1-5H2;1-4H2;2*1H4/t;;18-,19?;13-,14?;;7-;;;/m..00.0.../s1. The molecule has 0 spiro atoms. The minimum Gasteiger partial charge on any atom is -0.480 e. The number of benzene rings is 3. The average molecular weight is 1620 g/mol. The quantitative estimate of drug-likeness (QED) is 0.0907. The summed E-state index contributed by atoms with van der Waals surface area (Å²) >= 11 is 0. The number of nitrogens with one attached hydrogen (secondary N) is 2. The van der Waals surface area contributed by atoms with Crippen molar-refractivity contribution in [3.05, 3.63) is 108 Å². The fraction of sp³-hybridized carbons (Fsp3) is 0.339. The van der Waals surface area contributed by atoms with Crippen LogP contribution in [0.15, 0.2) is 91.0 Å². The number of ether oxygens (including phenoxy) is 2. The smallest absolute Gasteiger partial charge is 0.328 e. The summed E-state index contributed by atoms with van der Waals surface area (Å²) in [7, 11) is 1.63. The lowest BCUT2D eigenvalue weighted by atomic mass is 9.86. The number of hydrogen-bond donors (Lipinski definition) is 5. The number of carboxylic acid groups (broad SMARTS) is 1. The summed E-state index contributed by atoms with van der Waals surface area (Å²) in [4.78, 5) is 53.2. The Bertz CT molecular complexity index is 5650. The van der Waals surface area contributed by atoms with Crippen LogP contribution in [-0.4, -0.2) is 139 Å². The van der Waals surface area contributed by atoms with Gasteiger partial charge in [-0.05, 0) is 341 Å². The Balaban J connectivity index is 0.000000383.